The molecular weight excluding hydrogens is 853 g/mol. The zero-order chi connectivity index (χ0) is 46.7. The molecule has 0 saturated carbocycles. The van der Waals surface area contributed by atoms with E-state index < -0.39 is 5.92 Å². The first kappa shape index (κ1) is 40.6. The van der Waals surface area contributed by atoms with E-state index in [1.54, 1.807) is 0 Å². The minimum absolute atomic E-state index is 0.335. The summed E-state index contributed by atoms with van der Waals surface area (Å²) in [7, 11) is 0. The number of para-hydroxylation sites is 4. The zero-order valence-electron chi connectivity index (χ0n) is 38.0. The Balaban J connectivity index is 1.04. The van der Waals surface area contributed by atoms with Gasteiger partial charge in [0.15, 0.2) is 0 Å². The van der Waals surface area contributed by atoms with Crippen LogP contribution < -0.4 is 9.80 Å². The van der Waals surface area contributed by atoms with Crippen molar-refractivity contribution >= 4 is 111 Å². The predicted octanol–water partition coefficient (Wildman–Crippen LogP) is 17.0. The maximum absolute atomic E-state index is 11.4. The second-order valence-corrected chi connectivity index (χ2v) is 17.9. The Morgan fingerprint density at radius 3 is 1.23 bits per heavy atom. The highest BCUT2D eigenvalue weighted by Gasteiger charge is 2.31. The van der Waals surface area contributed by atoms with Gasteiger partial charge < -0.3 is 18.9 Å². The molecule has 2 aromatic heterocycles. The minimum Gasteiger partial charge on any atom is -0.312 e. The highest BCUT2D eigenvalue weighted by atomic mass is 15.1. The van der Waals surface area contributed by atoms with Gasteiger partial charge in [0, 0.05) is 73.5 Å². The summed E-state index contributed by atoms with van der Waals surface area (Å²) in [5.74, 6) is -0.582. The Labute approximate surface area is 404 Å². The summed E-state index contributed by atoms with van der Waals surface area (Å²) in [4.78, 5) is 4.57. The third-order valence-electron chi connectivity index (χ3n) is 14.0. The monoisotopic (exact) mass is 894 g/mol. The van der Waals surface area contributed by atoms with Crippen LogP contribution in [-0.2, 0) is 0 Å². The lowest BCUT2D eigenvalue weighted by Crippen LogP contribution is -2.16. The van der Waals surface area contributed by atoms with Gasteiger partial charge in [-0.3, -0.25) is 0 Å². The SMILES string of the molecule is N#CC1=C(n2c3ccc(N(c4ccccc4)c4ccccc4)cc3c3c4ccccc4ccc32)CC(C#N)C(n2c3ccc(N(c4ccccc4)c4ccccc4)cc3c3c4ccccc4ccc32)=C1. The lowest BCUT2D eigenvalue weighted by Gasteiger charge is -2.27. The number of anilines is 6. The third-order valence-corrected chi connectivity index (χ3v) is 14.0. The zero-order valence-corrected chi connectivity index (χ0v) is 38.0. The first-order valence-corrected chi connectivity index (χ1v) is 23.6. The van der Waals surface area contributed by atoms with Gasteiger partial charge in [0.25, 0.3) is 0 Å². The Hall–Kier alpha value is -9.62. The first-order valence-electron chi connectivity index (χ1n) is 23.6. The number of benzene rings is 10. The van der Waals surface area contributed by atoms with Crippen LogP contribution in [-0.4, -0.2) is 9.13 Å². The normalized spacial score (nSPS) is 13.8. The number of rotatable bonds is 8. The van der Waals surface area contributed by atoms with Crippen molar-refractivity contribution in [3.63, 3.8) is 0 Å². The molecule has 1 aliphatic carbocycles. The van der Waals surface area contributed by atoms with Crippen molar-refractivity contribution < 1.29 is 0 Å². The molecule has 1 aliphatic rings. The quantitative estimate of drug-likeness (QED) is 0.152. The van der Waals surface area contributed by atoms with E-state index in [-0.39, 0.29) is 0 Å². The van der Waals surface area contributed by atoms with E-state index in [4.69, 9.17) is 0 Å². The molecule has 6 nitrogen and oxygen atoms in total. The topological polar surface area (TPSA) is 63.9 Å². The minimum atomic E-state index is -0.582. The van der Waals surface area contributed by atoms with Gasteiger partial charge in [0.05, 0.1) is 39.6 Å². The van der Waals surface area contributed by atoms with E-state index in [2.05, 4.69) is 237 Å². The summed E-state index contributed by atoms with van der Waals surface area (Å²) in [5.41, 5.74) is 12.3. The largest absolute Gasteiger partial charge is 0.312 e. The molecule has 0 N–H and O–H groups in total. The molecule has 0 aliphatic heterocycles. The van der Waals surface area contributed by atoms with Crippen LogP contribution in [0.5, 0.6) is 0 Å². The molecule has 6 heteroatoms. The first-order chi connectivity index (χ1) is 34.7. The molecule has 1 atom stereocenters. The van der Waals surface area contributed by atoms with Gasteiger partial charge in [0.2, 0.25) is 0 Å². The van der Waals surface area contributed by atoms with E-state index in [1.165, 1.54) is 0 Å². The van der Waals surface area contributed by atoms with Gasteiger partial charge >= 0.3 is 0 Å². The summed E-state index contributed by atoms with van der Waals surface area (Å²) in [5, 5.41) is 31.6. The standard InChI is InChI=1S/C64H42N6/c65-41-45-38-62(70-58-36-32-52(68(49-23-9-3-10-24-49)50-25-11-4-12-26-50)40-56(58)64-54-28-16-14-18-44(54)30-34-60(64)70)46(42-66)37-61(45)69-57-35-31-51(67(47-19-5-1-6-20-47)48-21-7-2-8-22-48)39-55(57)63-53-27-15-13-17-43(53)29-33-59(63)69/h1-37,39-40,45H,38H2. The molecular formula is C64H42N6. The van der Waals surface area contributed by atoms with Crippen LogP contribution in [0.4, 0.5) is 34.1 Å². The number of aromatic nitrogens is 2. The smallest absolute Gasteiger partial charge is 0.101 e. The highest BCUT2D eigenvalue weighted by Crippen LogP contribution is 2.48. The number of nitrogens with zero attached hydrogens (tertiary/aromatic N) is 6. The van der Waals surface area contributed by atoms with Crippen molar-refractivity contribution in [3.8, 4) is 12.1 Å². The molecule has 2 heterocycles. The Kier molecular flexibility index (Phi) is 9.64. The number of fused-ring (bicyclic) bond motifs is 10. The fourth-order valence-corrected chi connectivity index (χ4v) is 11.0. The van der Waals surface area contributed by atoms with E-state index in [9.17, 15) is 10.5 Å². The summed E-state index contributed by atoms with van der Waals surface area (Å²) in [6.07, 6.45) is 2.32. The highest BCUT2D eigenvalue weighted by molar-refractivity contribution is 6.24. The number of nitriles is 2. The second kappa shape index (κ2) is 16.6. The molecule has 0 bridgehead atoms. The molecule has 328 valence electrons. The Morgan fingerprint density at radius 2 is 0.786 bits per heavy atom. The molecule has 0 saturated heterocycles. The number of allylic oxidation sites excluding steroid dienone is 4. The van der Waals surface area contributed by atoms with Crippen LogP contribution in [0, 0.1) is 28.6 Å². The number of hydrogen-bond acceptors (Lipinski definition) is 4. The van der Waals surface area contributed by atoms with E-state index in [0.717, 1.165) is 111 Å². The predicted molar refractivity (Wildman–Crippen MR) is 290 cm³/mol. The van der Waals surface area contributed by atoms with Gasteiger partial charge in [-0.15, -0.1) is 0 Å². The van der Waals surface area contributed by atoms with Crippen molar-refractivity contribution in [3.05, 3.63) is 242 Å². The maximum atomic E-state index is 11.4. The van der Waals surface area contributed by atoms with Crippen molar-refractivity contribution in [1.29, 1.82) is 10.5 Å². The Morgan fingerprint density at radius 1 is 0.386 bits per heavy atom. The summed E-state index contributed by atoms with van der Waals surface area (Å²) >= 11 is 0. The van der Waals surface area contributed by atoms with Crippen molar-refractivity contribution in [2.75, 3.05) is 9.80 Å². The lowest BCUT2D eigenvalue weighted by atomic mass is 9.91. The summed E-state index contributed by atoms with van der Waals surface area (Å²) in [6.45, 7) is 0. The van der Waals surface area contributed by atoms with Crippen molar-refractivity contribution in [1.82, 2.24) is 9.13 Å². The van der Waals surface area contributed by atoms with Crippen LogP contribution in [0.2, 0.25) is 0 Å². The van der Waals surface area contributed by atoms with Crippen LogP contribution in [0.3, 0.4) is 0 Å². The summed E-state index contributed by atoms with van der Waals surface area (Å²) < 4.78 is 4.49. The average molecular weight is 895 g/mol. The van der Waals surface area contributed by atoms with Gasteiger partial charge in [-0.25, -0.2) is 0 Å². The molecule has 12 aromatic rings. The molecule has 0 amide bonds. The van der Waals surface area contributed by atoms with Crippen LogP contribution in [0.1, 0.15) is 6.42 Å². The molecule has 13 rings (SSSR count). The van der Waals surface area contributed by atoms with E-state index >= 15 is 0 Å². The van der Waals surface area contributed by atoms with E-state index in [0.29, 0.717) is 12.0 Å². The average Bonchev–Trinajstić information content (AvgIpc) is 3.94. The van der Waals surface area contributed by atoms with Crippen molar-refractivity contribution in [2.24, 2.45) is 5.92 Å². The molecule has 0 spiro atoms. The van der Waals surface area contributed by atoms with Crippen LogP contribution >= 0.6 is 0 Å². The molecule has 0 fully saturated rings. The third kappa shape index (κ3) is 6.47. The fourth-order valence-electron chi connectivity index (χ4n) is 11.0. The second-order valence-electron chi connectivity index (χ2n) is 17.9. The van der Waals surface area contributed by atoms with Crippen LogP contribution in [0.25, 0.3) is 76.6 Å². The molecule has 70 heavy (non-hydrogen) atoms. The lowest BCUT2D eigenvalue weighted by molar-refractivity contribution is 0.799. The van der Waals surface area contributed by atoms with Gasteiger partial charge in [-0.05, 0) is 125 Å². The molecule has 10 aromatic carbocycles. The molecule has 1 unspecified atom stereocenters. The Bertz CT molecular complexity index is 4090. The van der Waals surface area contributed by atoms with Gasteiger partial charge in [-0.1, -0.05) is 133 Å². The van der Waals surface area contributed by atoms with Crippen molar-refractivity contribution in [2.45, 2.75) is 6.42 Å². The fraction of sp³-hybridized carbons (Fsp3) is 0.0312. The summed E-state index contributed by atoms with van der Waals surface area (Å²) in [6, 6.07) is 86.2. The van der Waals surface area contributed by atoms with Crippen LogP contribution in [0.15, 0.2) is 242 Å². The van der Waals surface area contributed by atoms with Gasteiger partial charge in [0.1, 0.15) is 6.07 Å². The van der Waals surface area contributed by atoms with E-state index in [1.807, 2.05) is 30.3 Å². The molecule has 0 radical (unpaired) electrons. The van der Waals surface area contributed by atoms with Gasteiger partial charge in [-0.2, -0.15) is 10.5 Å². The number of hydrogen-bond donors (Lipinski definition) is 0. The maximum Gasteiger partial charge on any atom is 0.101 e.